The number of hydrogen-bond donors (Lipinski definition) is 3. The maximum atomic E-state index is 12.0. The summed E-state index contributed by atoms with van der Waals surface area (Å²) >= 11 is 6.34. The van der Waals surface area contributed by atoms with E-state index >= 15 is 0 Å². The third-order valence-electron chi connectivity index (χ3n) is 3.15. The molecular weight excluding hydrogens is 358 g/mol. The second-order valence-corrected chi connectivity index (χ2v) is 7.01. The molecule has 0 saturated heterocycles. The summed E-state index contributed by atoms with van der Waals surface area (Å²) in [4.78, 5) is 15.9. The SMILES string of the molecule is CCOc1cc(CNc2ncn[nH]2)c(Cl)cc1OCC(=O)NC(C)(C)C. The van der Waals surface area contributed by atoms with Crippen LogP contribution in [0.5, 0.6) is 11.5 Å². The number of rotatable bonds is 8. The predicted molar refractivity (Wildman–Crippen MR) is 99.7 cm³/mol. The first-order valence-electron chi connectivity index (χ1n) is 8.26. The lowest BCUT2D eigenvalue weighted by Gasteiger charge is -2.21. The van der Waals surface area contributed by atoms with Gasteiger partial charge in [0.1, 0.15) is 6.33 Å². The summed E-state index contributed by atoms with van der Waals surface area (Å²) in [7, 11) is 0. The zero-order valence-corrected chi connectivity index (χ0v) is 16.1. The van der Waals surface area contributed by atoms with E-state index in [1.165, 1.54) is 6.33 Å². The predicted octanol–water partition coefficient (Wildman–Crippen LogP) is 2.76. The highest BCUT2D eigenvalue weighted by atomic mass is 35.5. The van der Waals surface area contributed by atoms with Crippen molar-refractivity contribution in [1.29, 1.82) is 0 Å². The van der Waals surface area contributed by atoms with Gasteiger partial charge in [-0.05, 0) is 39.3 Å². The summed E-state index contributed by atoms with van der Waals surface area (Å²) in [5.74, 6) is 1.27. The van der Waals surface area contributed by atoms with Gasteiger partial charge in [-0.2, -0.15) is 5.10 Å². The topological polar surface area (TPSA) is 101 Å². The number of aromatic amines is 1. The standard InChI is InChI=1S/C17H24ClN5O3/c1-5-25-13-6-11(8-19-16-20-10-21-23-16)12(18)7-14(13)26-9-15(24)22-17(2,3)4/h6-7,10H,5,8-9H2,1-4H3,(H,22,24)(H2,19,20,21,23). The Morgan fingerprint density at radius 2 is 2.00 bits per heavy atom. The third kappa shape index (κ3) is 6.11. The van der Waals surface area contributed by atoms with Crippen molar-refractivity contribution in [1.82, 2.24) is 20.5 Å². The maximum absolute atomic E-state index is 12.0. The van der Waals surface area contributed by atoms with Gasteiger partial charge in [-0.3, -0.25) is 4.79 Å². The summed E-state index contributed by atoms with van der Waals surface area (Å²) in [6.45, 7) is 8.36. The minimum Gasteiger partial charge on any atom is -0.490 e. The van der Waals surface area contributed by atoms with Crippen molar-refractivity contribution in [2.24, 2.45) is 0 Å². The normalized spacial score (nSPS) is 11.1. The summed E-state index contributed by atoms with van der Waals surface area (Å²) in [5.41, 5.74) is 0.481. The number of nitrogens with one attached hydrogen (secondary N) is 3. The Kier molecular flexibility index (Phi) is 6.68. The molecule has 1 heterocycles. The number of carbonyl (C=O) groups is 1. The number of hydrogen-bond acceptors (Lipinski definition) is 6. The first kappa shape index (κ1) is 19.8. The monoisotopic (exact) mass is 381 g/mol. The number of halogens is 1. The van der Waals surface area contributed by atoms with Gasteiger partial charge in [-0.1, -0.05) is 11.6 Å². The molecule has 8 nitrogen and oxygen atoms in total. The fraction of sp³-hybridized carbons (Fsp3) is 0.471. The van der Waals surface area contributed by atoms with Crippen molar-refractivity contribution < 1.29 is 14.3 Å². The van der Waals surface area contributed by atoms with Crippen molar-refractivity contribution >= 4 is 23.5 Å². The molecule has 2 aromatic rings. The van der Waals surface area contributed by atoms with Gasteiger partial charge >= 0.3 is 0 Å². The quantitative estimate of drug-likeness (QED) is 0.650. The van der Waals surface area contributed by atoms with Crippen molar-refractivity contribution in [3.8, 4) is 11.5 Å². The average molecular weight is 382 g/mol. The minimum atomic E-state index is -0.322. The minimum absolute atomic E-state index is 0.122. The summed E-state index contributed by atoms with van der Waals surface area (Å²) in [5, 5.41) is 12.9. The fourth-order valence-electron chi connectivity index (χ4n) is 2.16. The van der Waals surface area contributed by atoms with Crippen LogP contribution in [0.25, 0.3) is 0 Å². The fourth-order valence-corrected chi connectivity index (χ4v) is 2.38. The van der Waals surface area contributed by atoms with Gasteiger partial charge in [0.2, 0.25) is 5.95 Å². The molecule has 0 saturated carbocycles. The zero-order valence-electron chi connectivity index (χ0n) is 15.4. The van der Waals surface area contributed by atoms with Crippen molar-refractivity contribution in [3.05, 3.63) is 29.0 Å². The average Bonchev–Trinajstić information content (AvgIpc) is 3.05. The second-order valence-electron chi connectivity index (χ2n) is 6.60. The van der Waals surface area contributed by atoms with Crippen molar-refractivity contribution in [2.75, 3.05) is 18.5 Å². The van der Waals surface area contributed by atoms with Crippen molar-refractivity contribution in [2.45, 2.75) is 39.8 Å². The van der Waals surface area contributed by atoms with Crippen LogP contribution >= 0.6 is 11.6 Å². The first-order chi connectivity index (χ1) is 12.3. The van der Waals surface area contributed by atoms with Gasteiger partial charge in [0.15, 0.2) is 18.1 Å². The number of amides is 1. The first-order valence-corrected chi connectivity index (χ1v) is 8.64. The van der Waals surface area contributed by atoms with Crippen LogP contribution in [0, 0.1) is 0 Å². The molecule has 0 unspecified atom stereocenters. The molecule has 1 aromatic heterocycles. The van der Waals surface area contributed by atoms with Gasteiger partial charge in [0, 0.05) is 23.2 Å². The van der Waals surface area contributed by atoms with E-state index in [9.17, 15) is 4.79 Å². The van der Waals surface area contributed by atoms with Crippen LogP contribution in [0.2, 0.25) is 5.02 Å². The number of anilines is 1. The van der Waals surface area contributed by atoms with Gasteiger partial charge in [-0.15, -0.1) is 0 Å². The number of H-pyrrole nitrogens is 1. The van der Waals surface area contributed by atoms with Crippen LogP contribution in [0.15, 0.2) is 18.5 Å². The molecule has 1 aromatic carbocycles. The molecule has 3 N–H and O–H groups in total. The Balaban J connectivity index is 2.08. The van der Waals surface area contributed by atoms with Crippen LogP contribution in [-0.4, -0.2) is 39.8 Å². The van der Waals surface area contributed by atoms with Gasteiger partial charge < -0.3 is 20.1 Å². The van der Waals surface area contributed by atoms with E-state index in [2.05, 4.69) is 25.8 Å². The maximum Gasteiger partial charge on any atom is 0.258 e. The van der Waals surface area contributed by atoms with E-state index in [0.29, 0.717) is 35.6 Å². The van der Waals surface area contributed by atoms with Crippen LogP contribution in [0.1, 0.15) is 33.3 Å². The second kappa shape index (κ2) is 8.75. The molecule has 0 aliphatic rings. The van der Waals surface area contributed by atoms with E-state index in [4.69, 9.17) is 21.1 Å². The lowest BCUT2D eigenvalue weighted by atomic mass is 10.1. The van der Waals surface area contributed by atoms with E-state index in [1.54, 1.807) is 12.1 Å². The van der Waals surface area contributed by atoms with Crippen LogP contribution < -0.4 is 20.1 Å². The Morgan fingerprint density at radius 3 is 2.62 bits per heavy atom. The highest BCUT2D eigenvalue weighted by Crippen LogP contribution is 2.34. The number of benzene rings is 1. The van der Waals surface area contributed by atoms with E-state index in [0.717, 1.165) is 5.56 Å². The number of nitrogens with zero attached hydrogens (tertiary/aromatic N) is 2. The molecule has 26 heavy (non-hydrogen) atoms. The van der Waals surface area contributed by atoms with Crippen LogP contribution in [-0.2, 0) is 11.3 Å². The van der Waals surface area contributed by atoms with E-state index in [1.807, 2.05) is 27.7 Å². The van der Waals surface area contributed by atoms with Crippen molar-refractivity contribution in [3.63, 3.8) is 0 Å². The highest BCUT2D eigenvalue weighted by Gasteiger charge is 2.16. The largest absolute Gasteiger partial charge is 0.490 e. The lowest BCUT2D eigenvalue weighted by molar-refractivity contribution is -0.124. The molecule has 0 fully saturated rings. The Hall–Kier alpha value is -2.48. The molecule has 0 bridgehead atoms. The molecule has 0 atom stereocenters. The van der Waals surface area contributed by atoms with Gasteiger partial charge in [0.25, 0.3) is 5.91 Å². The molecule has 0 aliphatic heterocycles. The zero-order chi connectivity index (χ0) is 19.2. The summed E-state index contributed by atoms with van der Waals surface area (Å²) < 4.78 is 11.2. The molecule has 1 amide bonds. The van der Waals surface area contributed by atoms with Gasteiger partial charge in [0.05, 0.1) is 6.61 Å². The molecule has 142 valence electrons. The number of aromatic nitrogens is 3. The summed E-state index contributed by atoms with van der Waals surface area (Å²) in [6.07, 6.45) is 1.41. The van der Waals surface area contributed by atoms with Gasteiger partial charge in [-0.25, -0.2) is 10.1 Å². The molecule has 0 spiro atoms. The molecular formula is C17H24ClN5O3. The van der Waals surface area contributed by atoms with Crippen LogP contribution in [0.4, 0.5) is 5.95 Å². The number of carbonyl (C=O) groups excluding carboxylic acids is 1. The van der Waals surface area contributed by atoms with E-state index < -0.39 is 0 Å². The molecule has 2 rings (SSSR count). The van der Waals surface area contributed by atoms with E-state index in [-0.39, 0.29) is 18.1 Å². The lowest BCUT2D eigenvalue weighted by Crippen LogP contribution is -2.43. The highest BCUT2D eigenvalue weighted by molar-refractivity contribution is 6.31. The molecule has 0 radical (unpaired) electrons. The number of ether oxygens (including phenoxy) is 2. The van der Waals surface area contributed by atoms with Crippen LogP contribution in [0.3, 0.4) is 0 Å². The smallest absolute Gasteiger partial charge is 0.258 e. The molecule has 9 heteroatoms. The Morgan fingerprint density at radius 1 is 1.27 bits per heavy atom. The molecule has 0 aliphatic carbocycles. The Labute approximate surface area is 157 Å². The third-order valence-corrected chi connectivity index (χ3v) is 3.50. The summed E-state index contributed by atoms with van der Waals surface area (Å²) in [6, 6.07) is 3.43. The Bertz CT molecular complexity index is 729.